The third-order valence-corrected chi connectivity index (χ3v) is 3.32. The van der Waals surface area contributed by atoms with Gasteiger partial charge in [0.25, 0.3) is 11.8 Å². The van der Waals surface area contributed by atoms with E-state index in [9.17, 15) is 9.59 Å². The summed E-state index contributed by atoms with van der Waals surface area (Å²) in [6.45, 7) is 0.843. The van der Waals surface area contributed by atoms with Crippen LogP contribution in [0, 0.1) is 0 Å². The number of benzene rings is 2. The van der Waals surface area contributed by atoms with Crippen LogP contribution in [-0.2, 0) is 6.54 Å². The molecule has 4 nitrogen and oxygen atoms in total. The molecule has 20 heavy (non-hydrogen) atoms. The molecule has 0 atom stereocenters. The van der Waals surface area contributed by atoms with Gasteiger partial charge in [0.05, 0.1) is 17.8 Å². The van der Waals surface area contributed by atoms with Gasteiger partial charge in [-0.3, -0.25) is 19.8 Å². The van der Waals surface area contributed by atoms with E-state index in [1.807, 2.05) is 30.3 Å². The zero-order valence-corrected chi connectivity index (χ0v) is 10.9. The summed E-state index contributed by atoms with van der Waals surface area (Å²) < 4.78 is 0. The smallest absolute Gasteiger partial charge is 0.262 e. The van der Waals surface area contributed by atoms with Crippen LogP contribution in [0.25, 0.3) is 0 Å². The Labute approximate surface area is 117 Å². The van der Waals surface area contributed by atoms with E-state index >= 15 is 0 Å². The molecular weight excluding hydrogens is 252 g/mol. The summed E-state index contributed by atoms with van der Waals surface area (Å²) in [6, 6.07) is 16.8. The van der Waals surface area contributed by atoms with Crippen LogP contribution in [-0.4, -0.2) is 23.4 Å². The molecule has 4 heteroatoms. The SMILES string of the molecule is O=C1c2ccccc2C(=O)N1CNCc1ccccc1. The Morgan fingerprint density at radius 1 is 0.800 bits per heavy atom. The number of nitrogens with one attached hydrogen (secondary N) is 1. The molecule has 3 rings (SSSR count). The zero-order valence-electron chi connectivity index (χ0n) is 10.9. The van der Waals surface area contributed by atoms with Crippen molar-refractivity contribution in [3.8, 4) is 0 Å². The Kier molecular flexibility index (Phi) is 3.31. The van der Waals surface area contributed by atoms with Crippen molar-refractivity contribution in [2.24, 2.45) is 0 Å². The lowest BCUT2D eigenvalue weighted by molar-refractivity contribution is 0.0641. The number of amides is 2. The van der Waals surface area contributed by atoms with Crippen LogP contribution >= 0.6 is 0 Å². The molecule has 2 aromatic carbocycles. The Morgan fingerprint density at radius 3 is 1.95 bits per heavy atom. The number of rotatable bonds is 4. The van der Waals surface area contributed by atoms with Crippen LogP contribution in [0.1, 0.15) is 26.3 Å². The highest BCUT2D eigenvalue weighted by Crippen LogP contribution is 2.21. The second-order valence-electron chi connectivity index (χ2n) is 4.65. The summed E-state index contributed by atoms with van der Waals surface area (Å²) in [5.41, 5.74) is 2.09. The van der Waals surface area contributed by atoms with E-state index in [4.69, 9.17) is 0 Å². The van der Waals surface area contributed by atoms with Crippen LogP contribution in [0.2, 0.25) is 0 Å². The maximum Gasteiger partial charge on any atom is 0.262 e. The molecule has 1 aliphatic heterocycles. The van der Waals surface area contributed by atoms with E-state index in [1.165, 1.54) is 4.90 Å². The van der Waals surface area contributed by atoms with Crippen molar-refractivity contribution in [3.05, 3.63) is 71.3 Å². The van der Waals surface area contributed by atoms with Crippen molar-refractivity contribution in [1.29, 1.82) is 0 Å². The average molecular weight is 266 g/mol. The van der Waals surface area contributed by atoms with E-state index in [0.29, 0.717) is 17.7 Å². The van der Waals surface area contributed by atoms with Crippen molar-refractivity contribution >= 4 is 11.8 Å². The maximum atomic E-state index is 12.1. The van der Waals surface area contributed by atoms with Gasteiger partial charge in [-0.25, -0.2) is 0 Å². The Balaban J connectivity index is 1.65. The molecule has 1 N–H and O–H groups in total. The molecule has 0 aromatic heterocycles. The fourth-order valence-corrected chi connectivity index (χ4v) is 2.29. The van der Waals surface area contributed by atoms with E-state index < -0.39 is 0 Å². The molecule has 0 saturated heterocycles. The molecule has 2 amide bonds. The minimum atomic E-state index is -0.230. The van der Waals surface area contributed by atoms with Crippen molar-refractivity contribution < 1.29 is 9.59 Å². The quantitative estimate of drug-likeness (QED) is 0.861. The van der Waals surface area contributed by atoms with Gasteiger partial charge in [-0.15, -0.1) is 0 Å². The maximum absolute atomic E-state index is 12.1. The lowest BCUT2D eigenvalue weighted by atomic mass is 10.1. The predicted molar refractivity (Wildman–Crippen MR) is 75.1 cm³/mol. The summed E-state index contributed by atoms with van der Waals surface area (Å²) in [5.74, 6) is -0.461. The average Bonchev–Trinajstić information content (AvgIpc) is 2.74. The molecule has 0 bridgehead atoms. The second-order valence-corrected chi connectivity index (χ2v) is 4.65. The first-order valence-corrected chi connectivity index (χ1v) is 6.47. The van der Waals surface area contributed by atoms with Crippen LogP contribution < -0.4 is 5.32 Å². The van der Waals surface area contributed by atoms with Gasteiger partial charge in [0, 0.05) is 6.54 Å². The first-order valence-electron chi connectivity index (χ1n) is 6.47. The molecule has 0 radical (unpaired) electrons. The van der Waals surface area contributed by atoms with Crippen molar-refractivity contribution in [2.45, 2.75) is 6.54 Å². The summed E-state index contributed by atoms with van der Waals surface area (Å²) in [4.78, 5) is 25.5. The van der Waals surface area contributed by atoms with E-state index in [2.05, 4.69) is 5.32 Å². The highest BCUT2D eigenvalue weighted by atomic mass is 16.2. The molecule has 0 spiro atoms. The van der Waals surface area contributed by atoms with Crippen molar-refractivity contribution in [3.63, 3.8) is 0 Å². The predicted octanol–water partition coefficient (Wildman–Crippen LogP) is 2.03. The highest BCUT2D eigenvalue weighted by Gasteiger charge is 2.34. The third-order valence-electron chi connectivity index (χ3n) is 3.32. The number of carbonyl (C=O) groups excluding carboxylic acids is 2. The molecule has 0 unspecified atom stereocenters. The van der Waals surface area contributed by atoms with Crippen LogP contribution in [0.15, 0.2) is 54.6 Å². The number of fused-ring (bicyclic) bond motifs is 1. The first kappa shape index (κ1) is 12.6. The van der Waals surface area contributed by atoms with Gasteiger partial charge in [-0.2, -0.15) is 0 Å². The monoisotopic (exact) mass is 266 g/mol. The molecule has 1 heterocycles. The number of nitrogens with zero attached hydrogens (tertiary/aromatic N) is 1. The molecule has 0 saturated carbocycles. The van der Waals surface area contributed by atoms with Crippen molar-refractivity contribution in [1.82, 2.24) is 10.2 Å². The van der Waals surface area contributed by atoms with Crippen LogP contribution in [0.4, 0.5) is 0 Å². The summed E-state index contributed by atoms with van der Waals surface area (Å²) in [7, 11) is 0. The summed E-state index contributed by atoms with van der Waals surface area (Å²) >= 11 is 0. The molecule has 100 valence electrons. The molecular formula is C16H14N2O2. The number of hydrogen-bond acceptors (Lipinski definition) is 3. The van der Waals surface area contributed by atoms with Crippen molar-refractivity contribution in [2.75, 3.05) is 6.67 Å². The Hall–Kier alpha value is -2.46. The number of imide groups is 1. The Bertz CT molecular complexity index is 618. The Morgan fingerprint density at radius 2 is 1.35 bits per heavy atom. The van der Waals surface area contributed by atoms with E-state index in [0.717, 1.165) is 5.56 Å². The van der Waals surface area contributed by atoms with E-state index in [-0.39, 0.29) is 18.5 Å². The molecule has 0 fully saturated rings. The molecule has 1 aliphatic rings. The normalized spacial score (nSPS) is 13.7. The van der Waals surface area contributed by atoms with Crippen LogP contribution in [0.5, 0.6) is 0 Å². The largest absolute Gasteiger partial charge is 0.295 e. The van der Waals surface area contributed by atoms with Gasteiger partial charge in [0.2, 0.25) is 0 Å². The molecule has 2 aromatic rings. The first-order chi connectivity index (χ1) is 9.77. The standard InChI is InChI=1S/C16H14N2O2/c19-15-13-8-4-5-9-14(13)16(20)18(15)11-17-10-12-6-2-1-3-7-12/h1-9,17H,10-11H2. The fourth-order valence-electron chi connectivity index (χ4n) is 2.29. The highest BCUT2D eigenvalue weighted by molar-refractivity contribution is 6.21. The lowest BCUT2D eigenvalue weighted by Crippen LogP contribution is -2.38. The minimum absolute atomic E-state index is 0.223. The number of carbonyl (C=O) groups is 2. The number of hydrogen-bond donors (Lipinski definition) is 1. The summed E-state index contributed by atoms with van der Waals surface area (Å²) in [5, 5.41) is 3.12. The summed E-state index contributed by atoms with van der Waals surface area (Å²) in [6.07, 6.45) is 0. The van der Waals surface area contributed by atoms with Gasteiger partial charge in [-0.1, -0.05) is 42.5 Å². The van der Waals surface area contributed by atoms with Gasteiger partial charge >= 0.3 is 0 Å². The van der Waals surface area contributed by atoms with Gasteiger partial charge < -0.3 is 0 Å². The van der Waals surface area contributed by atoms with Gasteiger partial charge in [0.15, 0.2) is 0 Å². The van der Waals surface area contributed by atoms with Gasteiger partial charge in [-0.05, 0) is 17.7 Å². The van der Waals surface area contributed by atoms with Gasteiger partial charge in [0.1, 0.15) is 0 Å². The lowest BCUT2D eigenvalue weighted by Gasteiger charge is -2.14. The van der Waals surface area contributed by atoms with E-state index in [1.54, 1.807) is 24.3 Å². The molecule has 0 aliphatic carbocycles. The topological polar surface area (TPSA) is 49.4 Å². The van der Waals surface area contributed by atoms with Crippen LogP contribution in [0.3, 0.4) is 0 Å². The second kappa shape index (κ2) is 5.27. The minimum Gasteiger partial charge on any atom is -0.295 e. The fraction of sp³-hybridized carbons (Fsp3) is 0.125. The zero-order chi connectivity index (χ0) is 13.9. The third kappa shape index (κ3) is 2.21.